The van der Waals surface area contributed by atoms with Gasteiger partial charge >= 0.3 is 6.36 Å². The Hall–Kier alpha value is -2.73. The molecule has 0 radical (unpaired) electrons. The zero-order valence-electron chi connectivity index (χ0n) is 18.0. The summed E-state index contributed by atoms with van der Waals surface area (Å²) in [5, 5.41) is 10.9. The van der Waals surface area contributed by atoms with Crippen LogP contribution in [0.5, 0.6) is 5.75 Å². The number of hydrogen-bond acceptors (Lipinski definition) is 7. The van der Waals surface area contributed by atoms with Crippen molar-refractivity contribution in [2.75, 3.05) is 6.61 Å². The number of rotatable bonds is 5. The van der Waals surface area contributed by atoms with Crippen LogP contribution in [0.2, 0.25) is 0 Å². The molecule has 8 nitrogen and oxygen atoms in total. The van der Waals surface area contributed by atoms with Crippen LogP contribution in [0, 0.1) is 5.82 Å². The Balaban J connectivity index is 1.07. The highest BCUT2D eigenvalue weighted by atomic mass is 19.4. The van der Waals surface area contributed by atoms with E-state index in [0.717, 1.165) is 5.56 Å². The number of carbonyl (C=O) groups is 1. The third-order valence-corrected chi connectivity index (χ3v) is 6.36. The van der Waals surface area contributed by atoms with Crippen molar-refractivity contribution < 1.29 is 41.0 Å². The standard InChI is InChI=1S/C22H23F4N3O5/c23-13-2-5-16-11(7-13)1-4-17(32-16)19(30)27-14-3-6-18(31-10-14)21-29-28-20(33-21)12-8-15(9-12)34-22(24,25)26/h2,5,7,12,14-15,17-18H,1,3-4,6,8-10H2,(H,27,30)/t12?,14-,15?,17?,18+/m1/s1. The van der Waals surface area contributed by atoms with E-state index in [2.05, 4.69) is 20.3 Å². The summed E-state index contributed by atoms with van der Waals surface area (Å²) >= 11 is 0. The number of aryl methyl sites for hydroxylation is 1. The molecule has 1 aromatic carbocycles. The summed E-state index contributed by atoms with van der Waals surface area (Å²) in [5.41, 5.74) is 0.747. The molecule has 1 saturated heterocycles. The van der Waals surface area contributed by atoms with E-state index < -0.39 is 24.7 Å². The van der Waals surface area contributed by atoms with Crippen molar-refractivity contribution in [3.63, 3.8) is 0 Å². The minimum atomic E-state index is -4.65. The second-order valence-corrected chi connectivity index (χ2v) is 8.83. The zero-order valence-corrected chi connectivity index (χ0v) is 18.0. The predicted octanol–water partition coefficient (Wildman–Crippen LogP) is 3.72. The van der Waals surface area contributed by atoms with Crippen LogP contribution >= 0.6 is 0 Å². The fourth-order valence-corrected chi connectivity index (χ4v) is 4.49. The van der Waals surface area contributed by atoms with Crippen molar-refractivity contribution in [2.45, 2.75) is 75.2 Å². The van der Waals surface area contributed by atoms with Gasteiger partial charge < -0.3 is 19.2 Å². The van der Waals surface area contributed by atoms with Crippen molar-refractivity contribution in [1.82, 2.24) is 15.5 Å². The molecule has 2 aromatic rings. The maximum absolute atomic E-state index is 13.3. The molecule has 0 bridgehead atoms. The van der Waals surface area contributed by atoms with Gasteiger partial charge in [0.2, 0.25) is 11.8 Å². The van der Waals surface area contributed by atoms with Crippen LogP contribution in [-0.4, -0.2) is 47.3 Å². The Morgan fingerprint density at radius 1 is 1.12 bits per heavy atom. The van der Waals surface area contributed by atoms with Gasteiger partial charge in [-0.05, 0) is 62.3 Å². The molecule has 2 fully saturated rings. The molecule has 3 aliphatic rings. The molecule has 1 aliphatic carbocycles. The first-order chi connectivity index (χ1) is 16.2. The van der Waals surface area contributed by atoms with E-state index in [1.54, 1.807) is 0 Å². The molecular formula is C22H23F4N3O5. The maximum Gasteiger partial charge on any atom is 0.522 e. The fourth-order valence-electron chi connectivity index (χ4n) is 4.49. The number of nitrogens with zero attached hydrogens (tertiary/aromatic N) is 2. The molecular weight excluding hydrogens is 462 g/mol. The van der Waals surface area contributed by atoms with E-state index in [0.29, 0.717) is 31.4 Å². The van der Waals surface area contributed by atoms with Gasteiger partial charge in [-0.15, -0.1) is 23.4 Å². The first-order valence-electron chi connectivity index (χ1n) is 11.2. The molecule has 34 heavy (non-hydrogen) atoms. The van der Waals surface area contributed by atoms with Crippen molar-refractivity contribution >= 4 is 5.91 Å². The number of halogens is 4. The van der Waals surface area contributed by atoms with E-state index in [4.69, 9.17) is 13.9 Å². The number of alkyl halides is 3. The first kappa shape index (κ1) is 23.0. The lowest BCUT2D eigenvalue weighted by molar-refractivity contribution is -0.352. The molecule has 1 saturated carbocycles. The quantitative estimate of drug-likeness (QED) is 0.645. The van der Waals surface area contributed by atoms with E-state index >= 15 is 0 Å². The van der Waals surface area contributed by atoms with Gasteiger partial charge in [-0.3, -0.25) is 9.53 Å². The van der Waals surface area contributed by atoms with Crippen LogP contribution in [0.4, 0.5) is 17.6 Å². The van der Waals surface area contributed by atoms with E-state index in [1.807, 2.05) is 0 Å². The average Bonchev–Trinajstić information content (AvgIpc) is 3.25. The van der Waals surface area contributed by atoms with Gasteiger partial charge in [-0.2, -0.15) is 0 Å². The summed E-state index contributed by atoms with van der Waals surface area (Å²) in [7, 11) is 0. The van der Waals surface area contributed by atoms with Gasteiger partial charge in [0.1, 0.15) is 17.7 Å². The lowest BCUT2D eigenvalue weighted by atomic mass is 9.82. The smallest absolute Gasteiger partial charge is 0.480 e. The van der Waals surface area contributed by atoms with Crippen molar-refractivity contribution in [3.8, 4) is 5.75 Å². The fraction of sp³-hybridized carbons (Fsp3) is 0.591. The molecule has 3 atom stereocenters. The van der Waals surface area contributed by atoms with Crippen LogP contribution in [-0.2, 0) is 20.7 Å². The number of ether oxygens (including phenoxy) is 3. The van der Waals surface area contributed by atoms with Gasteiger partial charge in [0.25, 0.3) is 5.91 Å². The Morgan fingerprint density at radius 2 is 1.91 bits per heavy atom. The molecule has 2 aliphatic heterocycles. The lowest BCUT2D eigenvalue weighted by Gasteiger charge is -2.33. The van der Waals surface area contributed by atoms with E-state index in [9.17, 15) is 22.4 Å². The summed E-state index contributed by atoms with van der Waals surface area (Å²) < 4.78 is 71.3. The number of aromatic nitrogens is 2. The Bertz CT molecular complexity index is 1030. The molecule has 1 N–H and O–H groups in total. The van der Waals surface area contributed by atoms with E-state index in [-0.39, 0.29) is 54.9 Å². The summed E-state index contributed by atoms with van der Waals surface area (Å²) in [6.07, 6.45) is -4.13. The number of amides is 1. The van der Waals surface area contributed by atoms with Gasteiger partial charge in [0.05, 0.1) is 18.8 Å². The number of nitrogens with one attached hydrogen (secondary N) is 1. The number of fused-ring (bicyclic) bond motifs is 1. The predicted molar refractivity (Wildman–Crippen MR) is 106 cm³/mol. The van der Waals surface area contributed by atoms with Gasteiger partial charge in [-0.1, -0.05) is 0 Å². The molecule has 0 spiro atoms. The SMILES string of the molecule is O=C(N[C@@H]1CC[C@@H](c2nnc(C3CC(OC(F)(F)F)C3)o2)OC1)C1CCc2cc(F)ccc2O1. The van der Waals surface area contributed by atoms with Crippen LogP contribution < -0.4 is 10.1 Å². The maximum atomic E-state index is 13.3. The van der Waals surface area contributed by atoms with Crippen LogP contribution in [0.1, 0.15) is 61.5 Å². The summed E-state index contributed by atoms with van der Waals surface area (Å²) in [6.45, 7) is 0.244. The van der Waals surface area contributed by atoms with Crippen molar-refractivity contribution in [3.05, 3.63) is 41.4 Å². The summed E-state index contributed by atoms with van der Waals surface area (Å²) in [5.74, 6) is 0.233. The van der Waals surface area contributed by atoms with E-state index in [1.165, 1.54) is 18.2 Å². The second-order valence-electron chi connectivity index (χ2n) is 8.83. The molecule has 1 amide bonds. The number of benzene rings is 1. The normalized spacial score (nSPS) is 29.0. The largest absolute Gasteiger partial charge is 0.522 e. The highest BCUT2D eigenvalue weighted by Crippen LogP contribution is 2.41. The molecule has 3 heterocycles. The molecule has 184 valence electrons. The Morgan fingerprint density at radius 3 is 2.65 bits per heavy atom. The van der Waals surface area contributed by atoms with Crippen LogP contribution in [0.3, 0.4) is 0 Å². The Labute approximate surface area is 191 Å². The third-order valence-electron chi connectivity index (χ3n) is 6.36. The zero-order chi connectivity index (χ0) is 23.9. The summed E-state index contributed by atoms with van der Waals surface area (Å²) in [4.78, 5) is 12.6. The highest BCUT2D eigenvalue weighted by molar-refractivity contribution is 5.81. The molecule has 1 aromatic heterocycles. The Kier molecular flexibility index (Phi) is 6.19. The van der Waals surface area contributed by atoms with Gasteiger partial charge in [0.15, 0.2) is 6.10 Å². The topological polar surface area (TPSA) is 95.7 Å². The first-order valence-corrected chi connectivity index (χ1v) is 11.2. The number of hydrogen-bond donors (Lipinski definition) is 1. The number of carbonyl (C=O) groups excluding carboxylic acids is 1. The summed E-state index contributed by atoms with van der Waals surface area (Å²) in [6, 6.07) is 4.04. The van der Waals surface area contributed by atoms with Gasteiger partial charge in [-0.25, -0.2) is 4.39 Å². The molecule has 5 rings (SSSR count). The average molecular weight is 485 g/mol. The highest BCUT2D eigenvalue weighted by Gasteiger charge is 2.43. The van der Waals surface area contributed by atoms with Crippen LogP contribution in [0.25, 0.3) is 0 Å². The van der Waals surface area contributed by atoms with Crippen molar-refractivity contribution in [2.24, 2.45) is 0 Å². The van der Waals surface area contributed by atoms with Crippen molar-refractivity contribution in [1.29, 1.82) is 0 Å². The monoisotopic (exact) mass is 485 g/mol. The molecule has 12 heteroatoms. The molecule has 1 unspecified atom stereocenters. The van der Waals surface area contributed by atoms with Crippen LogP contribution in [0.15, 0.2) is 22.6 Å². The second kappa shape index (κ2) is 9.14. The van der Waals surface area contributed by atoms with Gasteiger partial charge in [0, 0.05) is 5.92 Å². The minimum absolute atomic E-state index is 0.170. The minimum Gasteiger partial charge on any atom is -0.480 e. The lowest BCUT2D eigenvalue weighted by Crippen LogP contribution is -2.48. The third kappa shape index (κ3) is 5.17.